The number of nitrogens with one attached hydrogen (secondary N) is 6. The molecule has 3 fully saturated rings. The summed E-state index contributed by atoms with van der Waals surface area (Å²) in [7, 11) is 12.3. The van der Waals surface area contributed by atoms with Gasteiger partial charge in [-0.3, -0.25) is 0 Å². The lowest BCUT2D eigenvalue weighted by Crippen LogP contribution is -2.38. The number of hydrogen-bond donors (Lipinski definition) is 6. The first-order chi connectivity index (χ1) is 37.2. The Morgan fingerprint density at radius 1 is 0.526 bits per heavy atom. The number of rotatable bonds is 27. The van der Waals surface area contributed by atoms with Gasteiger partial charge in [0.1, 0.15) is 17.5 Å². The molecule has 1 unspecified atom stereocenters. The number of likely N-dealkylation sites (N-methyl/N-ethyl adjacent to an activating group) is 1. The number of benzene rings is 1. The van der Waals surface area contributed by atoms with Crippen molar-refractivity contribution < 1.29 is 28.4 Å². The van der Waals surface area contributed by atoms with Crippen LogP contribution in [0.4, 0.5) is 52.4 Å². The minimum Gasteiger partial charge on any atom is -0.493 e. The molecule has 76 heavy (non-hydrogen) atoms. The van der Waals surface area contributed by atoms with Gasteiger partial charge in [0.25, 0.3) is 11.8 Å². The predicted octanol–water partition coefficient (Wildman–Crippen LogP) is 6.96. The molecule has 3 aliphatic heterocycles. The summed E-state index contributed by atoms with van der Waals surface area (Å²) in [5, 5.41) is 19.6. The van der Waals surface area contributed by atoms with Crippen molar-refractivity contribution in [1.82, 2.24) is 54.6 Å². The van der Waals surface area contributed by atoms with Crippen LogP contribution in [-0.2, 0) is 0 Å². The second-order valence-corrected chi connectivity index (χ2v) is 18.9. The monoisotopic (exact) mass is 1040 g/mol. The maximum absolute atomic E-state index is 6.60. The SMILES string of the molecule is CNc1cc(-c2cc(NC)nc(Nc3cnc(OC)c(OC[C@H]4CN(C)CC4c4cc(NC)nc(Nc5ccc(OC)c(OCCCN6CCC6)c5)n4)c3)n2)nc(Nc2cnc(OC)c(OCCCN3CCCC3)c2)n1. The zero-order chi connectivity index (χ0) is 52.8. The van der Waals surface area contributed by atoms with Crippen LogP contribution in [0.1, 0.15) is 43.7 Å². The molecule has 0 bridgehead atoms. The Bertz CT molecular complexity index is 2870. The van der Waals surface area contributed by atoms with Crippen LogP contribution in [0.2, 0.25) is 0 Å². The normalized spacial score (nSPS) is 16.6. The van der Waals surface area contributed by atoms with Crippen LogP contribution in [0.15, 0.2) is 60.9 Å². The van der Waals surface area contributed by atoms with Gasteiger partial charge in [-0.1, -0.05) is 0 Å². The van der Waals surface area contributed by atoms with E-state index in [9.17, 15) is 0 Å². The zero-order valence-electron chi connectivity index (χ0n) is 44.6. The largest absolute Gasteiger partial charge is 0.493 e. The van der Waals surface area contributed by atoms with Crippen molar-refractivity contribution in [3.63, 3.8) is 0 Å². The average Bonchev–Trinajstić information content (AvgIpc) is 4.11. The molecule has 404 valence electrons. The summed E-state index contributed by atoms with van der Waals surface area (Å²) in [6.07, 6.45) is 8.93. The van der Waals surface area contributed by atoms with Crippen LogP contribution in [0, 0.1) is 5.92 Å². The predicted molar refractivity (Wildman–Crippen MR) is 294 cm³/mol. The number of anilines is 9. The van der Waals surface area contributed by atoms with Gasteiger partial charge >= 0.3 is 0 Å². The summed E-state index contributed by atoms with van der Waals surface area (Å²) in [6, 6.07) is 15.1. The summed E-state index contributed by atoms with van der Waals surface area (Å²) >= 11 is 0. The molecule has 6 aromatic rings. The lowest BCUT2D eigenvalue weighted by molar-refractivity contribution is 0.164. The highest BCUT2D eigenvalue weighted by Gasteiger charge is 2.35. The molecule has 0 radical (unpaired) electrons. The van der Waals surface area contributed by atoms with E-state index in [2.05, 4.69) is 68.6 Å². The van der Waals surface area contributed by atoms with Crippen molar-refractivity contribution in [2.75, 3.05) is 154 Å². The molecule has 0 spiro atoms. The molecular formula is C53H71N17O6. The van der Waals surface area contributed by atoms with E-state index in [0.29, 0.717) is 113 Å². The minimum atomic E-state index is 0.0258. The fourth-order valence-electron chi connectivity index (χ4n) is 9.47. The van der Waals surface area contributed by atoms with Crippen molar-refractivity contribution in [3.05, 3.63) is 66.6 Å². The van der Waals surface area contributed by atoms with Crippen LogP contribution in [0.3, 0.4) is 0 Å². The molecule has 2 atom stereocenters. The average molecular weight is 1040 g/mol. The van der Waals surface area contributed by atoms with Crippen LogP contribution >= 0.6 is 0 Å². The summed E-state index contributed by atoms with van der Waals surface area (Å²) in [5.74, 6) is 6.06. The van der Waals surface area contributed by atoms with E-state index in [1.807, 2.05) is 55.6 Å². The Labute approximate surface area is 444 Å². The Balaban J connectivity index is 0.877. The van der Waals surface area contributed by atoms with Crippen LogP contribution in [-0.4, -0.2) is 176 Å². The maximum Gasteiger partial charge on any atom is 0.256 e. The van der Waals surface area contributed by atoms with Crippen molar-refractivity contribution in [3.8, 4) is 46.1 Å². The quantitative estimate of drug-likeness (QED) is 0.0286. The Morgan fingerprint density at radius 2 is 1.04 bits per heavy atom. The van der Waals surface area contributed by atoms with E-state index in [-0.39, 0.29) is 11.8 Å². The zero-order valence-corrected chi connectivity index (χ0v) is 44.6. The van der Waals surface area contributed by atoms with Gasteiger partial charge in [0, 0.05) is 101 Å². The lowest BCUT2D eigenvalue weighted by Gasteiger charge is -2.30. The number of pyridine rings is 2. The van der Waals surface area contributed by atoms with Gasteiger partial charge in [0.2, 0.25) is 17.8 Å². The summed E-state index contributed by atoms with van der Waals surface area (Å²) in [6.45, 7) is 9.72. The van der Waals surface area contributed by atoms with Crippen molar-refractivity contribution >= 4 is 52.4 Å². The van der Waals surface area contributed by atoms with Gasteiger partial charge in [-0.25, -0.2) is 24.9 Å². The van der Waals surface area contributed by atoms with Gasteiger partial charge in [-0.05, 0) is 77.5 Å². The second-order valence-electron chi connectivity index (χ2n) is 18.9. The van der Waals surface area contributed by atoms with Gasteiger partial charge < -0.3 is 75.0 Å². The Kier molecular flexibility index (Phi) is 17.9. The molecule has 9 rings (SSSR count). The van der Waals surface area contributed by atoms with Gasteiger partial charge in [-0.2, -0.15) is 15.0 Å². The van der Waals surface area contributed by atoms with E-state index in [4.69, 9.17) is 53.3 Å². The highest BCUT2D eigenvalue weighted by molar-refractivity contribution is 5.69. The standard InChI is InChI=1S/C53H71N17O6/c1-54-46-26-39(62-51(65-46)59-35-13-14-42(71-5)43(23-35)74-21-11-20-70-17-10-18-70)38-32-68(4)31-34(38)33-76-45-25-37(30-58-50(45)73-7)61-53-64-41(28-48(56-3)67-53)40-27-47(55-2)66-52(63-40)60-36-24-44(49(72-6)57-29-36)75-22-12-19-69-15-8-9-16-69/h13-14,23-30,34,38H,8-12,15-22,31-33H2,1-7H3,(H2,54,59,62,65)(H2,55,60,63,66)(H2,56,61,64,67)/t34-,38?/m1/s1. The molecular weight excluding hydrogens is 971 g/mol. The number of hydrogen-bond acceptors (Lipinski definition) is 23. The fraction of sp³-hybridized carbons (Fsp3) is 0.472. The summed E-state index contributed by atoms with van der Waals surface area (Å²) in [4.78, 5) is 45.3. The van der Waals surface area contributed by atoms with Crippen molar-refractivity contribution in [2.45, 2.75) is 38.0 Å². The number of aromatic nitrogens is 8. The van der Waals surface area contributed by atoms with E-state index < -0.39 is 0 Å². The second kappa shape index (κ2) is 25.7. The van der Waals surface area contributed by atoms with Crippen LogP contribution in [0.25, 0.3) is 11.4 Å². The summed E-state index contributed by atoms with van der Waals surface area (Å²) < 4.78 is 35.8. The molecule has 0 saturated carbocycles. The molecule has 0 aliphatic carbocycles. The molecule has 0 amide bonds. The number of ether oxygens (including phenoxy) is 6. The van der Waals surface area contributed by atoms with Gasteiger partial charge in [0.15, 0.2) is 23.0 Å². The molecule has 3 saturated heterocycles. The number of methoxy groups -OCH3 is 3. The van der Waals surface area contributed by atoms with E-state index in [0.717, 1.165) is 63.5 Å². The molecule has 23 nitrogen and oxygen atoms in total. The molecule has 8 heterocycles. The molecule has 3 aliphatic rings. The van der Waals surface area contributed by atoms with E-state index >= 15 is 0 Å². The highest BCUT2D eigenvalue weighted by Crippen LogP contribution is 2.37. The molecule has 1 aromatic carbocycles. The van der Waals surface area contributed by atoms with E-state index in [1.54, 1.807) is 47.8 Å². The van der Waals surface area contributed by atoms with Crippen LogP contribution < -0.4 is 60.3 Å². The number of likely N-dealkylation sites (tertiary alicyclic amines) is 3. The highest BCUT2D eigenvalue weighted by atomic mass is 16.5. The third-order valence-electron chi connectivity index (χ3n) is 13.5. The topological polar surface area (TPSA) is 240 Å². The van der Waals surface area contributed by atoms with Crippen LogP contribution in [0.5, 0.6) is 34.8 Å². The Morgan fingerprint density at radius 3 is 1.58 bits per heavy atom. The molecule has 6 N–H and O–H groups in total. The first-order valence-electron chi connectivity index (χ1n) is 26.0. The maximum atomic E-state index is 6.60. The number of nitrogens with zero attached hydrogens (tertiary/aromatic N) is 11. The third-order valence-corrected chi connectivity index (χ3v) is 13.5. The van der Waals surface area contributed by atoms with Gasteiger partial charge in [0.05, 0.1) is 82.0 Å². The Hall–Kier alpha value is -7.76. The summed E-state index contributed by atoms with van der Waals surface area (Å²) in [5.41, 5.74) is 3.95. The molecule has 23 heteroatoms. The van der Waals surface area contributed by atoms with Crippen molar-refractivity contribution in [2.24, 2.45) is 5.92 Å². The van der Waals surface area contributed by atoms with E-state index in [1.165, 1.54) is 32.4 Å². The minimum absolute atomic E-state index is 0.0258. The van der Waals surface area contributed by atoms with Gasteiger partial charge in [-0.15, -0.1) is 0 Å². The fourth-order valence-corrected chi connectivity index (χ4v) is 9.47. The first kappa shape index (κ1) is 53.1. The first-order valence-corrected chi connectivity index (χ1v) is 26.0. The van der Waals surface area contributed by atoms with Crippen molar-refractivity contribution in [1.29, 1.82) is 0 Å². The lowest BCUT2D eigenvalue weighted by atomic mass is 9.93. The molecule has 5 aromatic heterocycles. The third kappa shape index (κ3) is 13.7. The smallest absolute Gasteiger partial charge is 0.256 e.